The van der Waals surface area contributed by atoms with Crippen molar-refractivity contribution in [2.45, 2.75) is 6.10 Å². The van der Waals surface area contributed by atoms with E-state index in [1.54, 1.807) is 16.8 Å². The summed E-state index contributed by atoms with van der Waals surface area (Å²) in [6.07, 6.45) is 2.29. The molecule has 0 spiro atoms. The molecule has 104 valence electrons. The van der Waals surface area contributed by atoms with Crippen molar-refractivity contribution in [2.24, 2.45) is 0 Å². The van der Waals surface area contributed by atoms with Crippen LogP contribution in [0, 0.1) is 0 Å². The molecule has 0 bridgehead atoms. The molecule has 0 aromatic carbocycles. The van der Waals surface area contributed by atoms with Gasteiger partial charge in [-0.3, -0.25) is 4.79 Å². The van der Waals surface area contributed by atoms with Crippen LogP contribution in [0.25, 0.3) is 5.52 Å². The van der Waals surface area contributed by atoms with E-state index in [0.29, 0.717) is 17.6 Å². The van der Waals surface area contributed by atoms with Gasteiger partial charge < -0.3 is 14.7 Å². The molecule has 1 amide bonds. The van der Waals surface area contributed by atoms with Gasteiger partial charge in [-0.25, -0.2) is 9.31 Å². The third-order valence-electron chi connectivity index (χ3n) is 3.29. The van der Waals surface area contributed by atoms with Crippen molar-refractivity contribution in [1.82, 2.24) is 14.5 Å². The minimum atomic E-state index is -1.05. The van der Waals surface area contributed by atoms with Gasteiger partial charge in [0.2, 0.25) is 0 Å². The van der Waals surface area contributed by atoms with Crippen molar-refractivity contribution in [3.63, 3.8) is 0 Å². The van der Waals surface area contributed by atoms with Crippen molar-refractivity contribution in [3.8, 4) is 0 Å². The number of carboxylic acid groups (broad SMARTS) is 1. The number of ether oxygens (including phenoxy) is 1. The quantitative estimate of drug-likeness (QED) is 0.850. The van der Waals surface area contributed by atoms with Gasteiger partial charge in [-0.05, 0) is 12.1 Å². The average Bonchev–Trinajstić information content (AvgIpc) is 2.90. The van der Waals surface area contributed by atoms with E-state index in [1.807, 2.05) is 12.1 Å². The molecule has 1 aliphatic heterocycles. The molecule has 1 aliphatic rings. The Labute approximate surface area is 114 Å². The van der Waals surface area contributed by atoms with Crippen molar-refractivity contribution in [1.29, 1.82) is 0 Å². The summed E-state index contributed by atoms with van der Waals surface area (Å²) in [6.45, 7) is 0.660. The van der Waals surface area contributed by atoms with Gasteiger partial charge in [0, 0.05) is 12.7 Å². The number of aromatic nitrogens is 2. The number of aliphatic carboxylic acids is 1. The Balaban J connectivity index is 1.87. The third kappa shape index (κ3) is 2.12. The highest BCUT2D eigenvalue weighted by atomic mass is 16.5. The normalized spacial score (nSPS) is 19.2. The van der Waals surface area contributed by atoms with Crippen molar-refractivity contribution in [3.05, 3.63) is 36.2 Å². The molecule has 3 rings (SSSR count). The number of nitrogens with zero attached hydrogens (tertiary/aromatic N) is 3. The second-order valence-corrected chi connectivity index (χ2v) is 4.54. The monoisotopic (exact) mass is 275 g/mol. The Morgan fingerprint density at radius 3 is 3.05 bits per heavy atom. The zero-order valence-electron chi connectivity index (χ0n) is 10.6. The Hall–Kier alpha value is -2.41. The summed E-state index contributed by atoms with van der Waals surface area (Å²) < 4.78 is 6.72. The number of carboxylic acids is 1. The number of carbonyl (C=O) groups is 2. The largest absolute Gasteiger partial charge is 0.479 e. The van der Waals surface area contributed by atoms with Crippen LogP contribution >= 0.6 is 0 Å². The van der Waals surface area contributed by atoms with Gasteiger partial charge in [0.25, 0.3) is 5.91 Å². The zero-order chi connectivity index (χ0) is 14.1. The fourth-order valence-electron chi connectivity index (χ4n) is 2.25. The summed E-state index contributed by atoms with van der Waals surface area (Å²) in [5.74, 6) is -1.27. The van der Waals surface area contributed by atoms with Gasteiger partial charge in [0.05, 0.1) is 30.4 Å². The van der Waals surface area contributed by atoms with Crippen LogP contribution in [0.3, 0.4) is 0 Å². The lowest BCUT2D eigenvalue weighted by molar-refractivity contribution is -0.154. The Morgan fingerprint density at radius 2 is 2.25 bits per heavy atom. The first-order chi connectivity index (χ1) is 9.66. The van der Waals surface area contributed by atoms with E-state index in [0.717, 1.165) is 0 Å². The van der Waals surface area contributed by atoms with Crippen molar-refractivity contribution in [2.75, 3.05) is 19.7 Å². The summed E-state index contributed by atoms with van der Waals surface area (Å²) >= 11 is 0. The van der Waals surface area contributed by atoms with Gasteiger partial charge in [0.15, 0.2) is 6.10 Å². The predicted octanol–water partition coefficient (Wildman–Crippen LogP) is 0.260. The molecular formula is C13H13N3O4. The smallest absolute Gasteiger partial charge is 0.334 e. The lowest BCUT2D eigenvalue weighted by atomic mass is 10.2. The van der Waals surface area contributed by atoms with Crippen LogP contribution in [0.15, 0.2) is 30.6 Å². The predicted molar refractivity (Wildman–Crippen MR) is 68.5 cm³/mol. The molecule has 7 heteroatoms. The molecule has 7 nitrogen and oxygen atoms in total. The number of hydrogen-bond acceptors (Lipinski definition) is 4. The van der Waals surface area contributed by atoms with Crippen LogP contribution in [-0.4, -0.2) is 57.3 Å². The number of hydrogen-bond donors (Lipinski definition) is 1. The summed E-state index contributed by atoms with van der Waals surface area (Å²) in [4.78, 5) is 24.9. The van der Waals surface area contributed by atoms with Crippen molar-refractivity contribution < 1.29 is 19.4 Å². The number of rotatable bonds is 2. The number of carbonyl (C=O) groups excluding carboxylic acids is 1. The van der Waals surface area contributed by atoms with Crippen LogP contribution in [0.4, 0.5) is 0 Å². The second kappa shape index (κ2) is 4.93. The molecule has 2 aromatic rings. The van der Waals surface area contributed by atoms with Crippen LogP contribution < -0.4 is 0 Å². The number of amides is 1. The molecule has 0 saturated carbocycles. The van der Waals surface area contributed by atoms with E-state index >= 15 is 0 Å². The van der Waals surface area contributed by atoms with E-state index in [4.69, 9.17) is 9.84 Å². The zero-order valence-corrected chi connectivity index (χ0v) is 10.6. The molecule has 0 unspecified atom stereocenters. The molecule has 1 fully saturated rings. The molecule has 20 heavy (non-hydrogen) atoms. The van der Waals surface area contributed by atoms with Gasteiger partial charge in [-0.1, -0.05) is 6.07 Å². The maximum atomic E-state index is 12.5. The first-order valence-corrected chi connectivity index (χ1v) is 6.23. The minimum absolute atomic E-state index is 0.0539. The molecule has 0 radical (unpaired) electrons. The molecule has 1 N–H and O–H groups in total. The molecule has 1 atom stereocenters. The molecule has 1 saturated heterocycles. The lowest BCUT2D eigenvalue weighted by Crippen LogP contribution is -2.48. The molecule has 0 aliphatic carbocycles. The number of pyridine rings is 1. The van der Waals surface area contributed by atoms with Crippen LogP contribution in [-0.2, 0) is 9.53 Å². The summed E-state index contributed by atoms with van der Waals surface area (Å²) in [5.41, 5.74) is 1.17. The van der Waals surface area contributed by atoms with E-state index in [2.05, 4.69) is 5.10 Å². The average molecular weight is 275 g/mol. The van der Waals surface area contributed by atoms with Gasteiger partial charge in [-0.15, -0.1) is 0 Å². The Bertz CT molecular complexity index is 666. The standard InChI is InChI=1S/C13H13N3O4/c17-12(15-5-6-20-11(8-15)13(18)19)9-7-14-16-4-2-1-3-10(9)16/h1-4,7,11H,5-6,8H2,(H,18,19)/t11-/m1/s1. The van der Waals surface area contributed by atoms with Gasteiger partial charge in [0.1, 0.15) is 0 Å². The van der Waals surface area contributed by atoms with E-state index in [9.17, 15) is 9.59 Å². The Morgan fingerprint density at radius 1 is 1.40 bits per heavy atom. The van der Waals surface area contributed by atoms with Crippen LogP contribution in [0.2, 0.25) is 0 Å². The summed E-state index contributed by atoms with van der Waals surface area (Å²) in [7, 11) is 0. The van der Waals surface area contributed by atoms with E-state index < -0.39 is 12.1 Å². The Kier molecular flexibility index (Phi) is 3.11. The van der Waals surface area contributed by atoms with Gasteiger partial charge in [-0.2, -0.15) is 5.10 Å². The van der Waals surface area contributed by atoms with Gasteiger partial charge >= 0.3 is 5.97 Å². The summed E-state index contributed by atoms with van der Waals surface area (Å²) in [5, 5.41) is 13.1. The highest BCUT2D eigenvalue weighted by Gasteiger charge is 2.30. The van der Waals surface area contributed by atoms with Crippen LogP contribution in [0.1, 0.15) is 10.4 Å². The third-order valence-corrected chi connectivity index (χ3v) is 3.29. The van der Waals surface area contributed by atoms with E-state index in [-0.39, 0.29) is 19.1 Å². The lowest BCUT2D eigenvalue weighted by Gasteiger charge is -2.30. The summed E-state index contributed by atoms with van der Waals surface area (Å²) in [6, 6.07) is 5.45. The molecule has 2 aromatic heterocycles. The highest BCUT2D eigenvalue weighted by molar-refractivity contribution is 6.00. The minimum Gasteiger partial charge on any atom is -0.479 e. The first-order valence-electron chi connectivity index (χ1n) is 6.23. The number of morpholine rings is 1. The molecular weight excluding hydrogens is 262 g/mol. The molecule has 3 heterocycles. The first kappa shape index (κ1) is 12.6. The SMILES string of the molecule is O=C(O)[C@H]1CN(C(=O)c2cnn3ccccc23)CCO1. The van der Waals surface area contributed by atoms with Crippen LogP contribution in [0.5, 0.6) is 0 Å². The highest BCUT2D eigenvalue weighted by Crippen LogP contribution is 2.15. The van der Waals surface area contributed by atoms with Crippen molar-refractivity contribution >= 4 is 17.4 Å². The topological polar surface area (TPSA) is 84.1 Å². The fraction of sp³-hybridized carbons (Fsp3) is 0.308. The number of fused-ring (bicyclic) bond motifs is 1. The fourth-order valence-corrected chi connectivity index (χ4v) is 2.25. The maximum absolute atomic E-state index is 12.5. The second-order valence-electron chi connectivity index (χ2n) is 4.54. The maximum Gasteiger partial charge on any atom is 0.334 e. The van der Waals surface area contributed by atoms with E-state index in [1.165, 1.54) is 11.1 Å².